The maximum absolute atomic E-state index is 12.5. The van der Waals surface area contributed by atoms with E-state index >= 15 is 0 Å². The Morgan fingerprint density at radius 3 is 2.67 bits per heavy atom. The summed E-state index contributed by atoms with van der Waals surface area (Å²) in [5, 5.41) is 9.74. The highest BCUT2D eigenvalue weighted by Crippen LogP contribution is 2.36. The van der Waals surface area contributed by atoms with Crippen LogP contribution in [0, 0.1) is 0 Å². The van der Waals surface area contributed by atoms with Crippen LogP contribution >= 0.6 is 11.6 Å². The molecule has 0 spiro atoms. The molecule has 6 heteroatoms. The number of hydrogen-bond acceptors (Lipinski definition) is 3. The van der Waals surface area contributed by atoms with Crippen LogP contribution in [-0.2, 0) is 4.79 Å². The lowest BCUT2D eigenvalue weighted by atomic mass is 10.0. The van der Waals surface area contributed by atoms with Crippen LogP contribution in [0.1, 0.15) is 22.0 Å². The van der Waals surface area contributed by atoms with Crippen LogP contribution < -0.4 is 4.90 Å². The minimum Gasteiger partial charge on any atom is -0.481 e. The van der Waals surface area contributed by atoms with Crippen molar-refractivity contribution < 1.29 is 14.7 Å². The van der Waals surface area contributed by atoms with Crippen molar-refractivity contribution in [2.75, 3.05) is 11.4 Å². The van der Waals surface area contributed by atoms with Gasteiger partial charge in [-0.2, -0.15) is 0 Å². The van der Waals surface area contributed by atoms with Crippen molar-refractivity contribution in [3.05, 3.63) is 58.9 Å². The Morgan fingerprint density at radius 2 is 2.00 bits per heavy atom. The highest BCUT2D eigenvalue weighted by atomic mass is 35.5. The van der Waals surface area contributed by atoms with E-state index < -0.39 is 11.9 Å². The zero-order chi connectivity index (χ0) is 15.0. The molecule has 1 atom stereocenters. The monoisotopic (exact) mass is 302 g/mol. The topological polar surface area (TPSA) is 70.5 Å². The second kappa shape index (κ2) is 5.18. The molecular formula is C15H11ClN2O3. The number of halogens is 1. The average Bonchev–Trinajstić information content (AvgIpc) is 2.87. The Hall–Kier alpha value is -2.40. The lowest BCUT2D eigenvalue weighted by molar-refractivity contribution is -0.138. The molecule has 0 saturated heterocycles. The molecule has 1 aromatic carbocycles. The fourth-order valence-electron chi connectivity index (χ4n) is 2.45. The number of rotatable bonds is 2. The Balaban J connectivity index is 1.98. The van der Waals surface area contributed by atoms with Gasteiger partial charge >= 0.3 is 5.97 Å². The number of aliphatic carboxylic acids is 1. The average molecular weight is 303 g/mol. The molecule has 0 aliphatic carbocycles. The summed E-state index contributed by atoms with van der Waals surface area (Å²) in [5.74, 6) is -1.98. The number of aromatic nitrogens is 1. The SMILES string of the molecule is O=C(O)C1CN(C(=O)c2ccc(Cl)cn2)c2ccccc21. The van der Waals surface area contributed by atoms with E-state index in [0.717, 1.165) is 0 Å². The molecule has 21 heavy (non-hydrogen) atoms. The van der Waals surface area contributed by atoms with Crippen LogP contribution in [0.25, 0.3) is 0 Å². The van der Waals surface area contributed by atoms with E-state index in [1.54, 1.807) is 30.3 Å². The predicted octanol–water partition coefficient (Wildman–Crippen LogP) is 2.56. The van der Waals surface area contributed by atoms with Gasteiger partial charge in [-0.25, -0.2) is 4.98 Å². The van der Waals surface area contributed by atoms with E-state index in [1.807, 2.05) is 0 Å². The summed E-state index contributed by atoms with van der Waals surface area (Å²) in [7, 11) is 0. The van der Waals surface area contributed by atoms with Crippen molar-refractivity contribution >= 4 is 29.2 Å². The molecule has 1 unspecified atom stereocenters. The summed E-state index contributed by atoms with van der Waals surface area (Å²) >= 11 is 5.76. The van der Waals surface area contributed by atoms with Gasteiger partial charge in [0.1, 0.15) is 11.6 Å². The maximum Gasteiger partial charge on any atom is 0.312 e. The van der Waals surface area contributed by atoms with Crippen LogP contribution in [0.3, 0.4) is 0 Å². The molecule has 0 bridgehead atoms. The van der Waals surface area contributed by atoms with E-state index in [4.69, 9.17) is 11.6 Å². The van der Waals surface area contributed by atoms with Crippen LogP contribution in [0.5, 0.6) is 0 Å². The number of para-hydroxylation sites is 1. The second-order valence-electron chi connectivity index (χ2n) is 4.73. The van der Waals surface area contributed by atoms with Gasteiger partial charge in [-0.15, -0.1) is 0 Å². The first-order valence-electron chi connectivity index (χ1n) is 6.33. The largest absolute Gasteiger partial charge is 0.481 e. The van der Waals surface area contributed by atoms with E-state index in [-0.39, 0.29) is 18.1 Å². The van der Waals surface area contributed by atoms with Gasteiger partial charge in [0.2, 0.25) is 0 Å². The number of anilines is 1. The zero-order valence-electron chi connectivity index (χ0n) is 10.9. The number of benzene rings is 1. The second-order valence-corrected chi connectivity index (χ2v) is 5.16. The van der Waals surface area contributed by atoms with Crippen molar-refractivity contribution in [1.29, 1.82) is 0 Å². The molecule has 2 aromatic rings. The summed E-state index contributed by atoms with van der Waals surface area (Å²) in [6.45, 7) is 0.109. The molecular weight excluding hydrogens is 292 g/mol. The Labute approximate surface area is 125 Å². The molecule has 1 amide bonds. The molecule has 106 valence electrons. The van der Waals surface area contributed by atoms with Gasteiger partial charge in [0.15, 0.2) is 0 Å². The number of pyridine rings is 1. The minimum atomic E-state index is -0.943. The zero-order valence-corrected chi connectivity index (χ0v) is 11.6. The number of carboxylic acids is 1. The van der Waals surface area contributed by atoms with E-state index in [1.165, 1.54) is 17.2 Å². The van der Waals surface area contributed by atoms with E-state index in [2.05, 4.69) is 4.98 Å². The maximum atomic E-state index is 12.5. The van der Waals surface area contributed by atoms with Crippen LogP contribution in [0.2, 0.25) is 5.02 Å². The number of carbonyl (C=O) groups is 2. The molecule has 5 nitrogen and oxygen atoms in total. The molecule has 2 heterocycles. The van der Waals surface area contributed by atoms with Crippen molar-refractivity contribution in [2.45, 2.75) is 5.92 Å². The molecule has 3 rings (SSSR count). The van der Waals surface area contributed by atoms with Gasteiger partial charge in [0.05, 0.1) is 5.02 Å². The highest BCUT2D eigenvalue weighted by molar-refractivity contribution is 6.30. The molecule has 0 fully saturated rings. The van der Waals surface area contributed by atoms with Crippen molar-refractivity contribution in [2.24, 2.45) is 0 Å². The first-order chi connectivity index (χ1) is 10.1. The third kappa shape index (κ3) is 2.36. The van der Waals surface area contributed by atoms with Gasteiger partial charge in [-0.1, -0.05) is 29.8 Å². The van der Waals surface area contributed by atoms with Gasteiger partial charge < -0.3 is 10.0 Å². The summed E-state index contributed by atoms with van der Waals surface area (Å²) in [6, 6.07) is 10.1. The summed E-state index contributed by atoms with van der Waals surface area (Å²) < 4.78 is 0. The van der Waals surface area contributed by atoms with Gasteiger partial charge in [-0.3, -0.25) is 9.59 Å². The van der Waals surface area contributed by atoms with Crippen LogP contribution in [0.4, 0.5) is 5.69 Å². The number of carbonyl (C=O) groups excluding carboxylic acids is 1. The molecule has 0 saturated carbocycles. The molecule has 1 aromatic heterocycles. The van der Waals surface area contributed by atoms with E-state index in [9.17, 15) is 14.7 Å². The highest BCUT2D eigenvalue weighted by Gasteiger charge is 2.36. The molecule has 1 aliphatic rings. The number of hydrogen-bond donors (Lipinski definition) is 1. The third-order valence-electron chi connectivity index (χ3n) is 3.46. The Morgan fingerprint density at radius 1 is 1.24 bits per heavy atom. The molecule has 1 N–H and O–H groups in total. The van der Waals surface area contributed by atoms with Gasteiger partial charge in [0.25, 0.3) is 5.91 Å². The van der Waals surface area contributed by atoms with Crippen LogP contribution in [0.15, 0.2) is 42.6 Å². The lowest BCUT2D eigenvalue weighted by Gasteiger charge is -2.16. The number of fused-ring (bicyclic) bond motifs is 1. The lowest BCUT2D eigenvalue weighted by Crippen LogP contribution is -2.31. The third-order valence-corrected chi connectivity index (χ3v) is 3.68. The van der Waals surface area contributed by atoms with Crippen molar-refractivity contribution in [3.63, 3.8) is 0 Å². The standard InChI is InChI=1S/C15H11ClN2O3/c16-9-5-6-12(17-7-9)14(19)18-8-11(15(20)21)10-3-1-2-4-13(10)18/h1-7,11H,8H2,(H,20,21). The first-order valence-corrected chi connectivity index (χ1v) is 6.71. The predicted molar refractivity (Wildman–Crippen MR) is 77.7 cm³/mol. The van der Waals surface area contributed by atoms with Gasteiger partial charge in [0, 0.05) is 18.4 Å². The van der Waals surface area contributed by atoms with Crippen molar-refractivity contribution in [3.8, 4) is 0 Å². The molecule has 1 aliphatic heterocycles. The van der Waals surface area contributed by atoms with Crippen molar-refractivity contribution in [1.82, 2.24) is 4.98 Å². The normalized spacial score (nSPS) is 16.6. The fourth-order valence-corrected chi connectivity index (χ4v) is 2.56. The minimum absolute atomic E-state index is 0.109. The number of amides is 1. The fraction of sp³-hybridized carbons (Fsp3) is 0.133. The summed E-state index contributed by atoms with van der Waals surface area (Å²) in [6.07, 6.45) is 1.39. The number of carboxylic acid groups (broad SMARTS) is 1. The summed E-state index contributed by atoms with van der Waals surface area (Å²) in [5.41, 5.74) is 1.50. The van der Waals surface area contributed by atoms with Crippen LogP contribution in [-0.4, -0.2) is 28.5 Å². The Bertz CT molecular complexity index is 715. The van der Waals surface area contributed by atoms with E-state index in [0.29, 0.717) is 16.3 Å². The Kier molecular flexibility index (Phi) is 3.35. The van der Waals surface area contributed by atoms with Gasteiger partial charge in [-0.05, 0) is 23.8 Å². The summed E-state index contributed by atoms with van der Waals surface area (Å²) in [4.78, 5) is 29.3. The number of nitrogens with zero attached hydrogens (tertiary/aromatic N) is 2. The quantitative estimate of drug-likeness (QED) is 0.925. The molecule has 0 radical (unpaired) electrons. The smallest absolute Gasteiger partial charge is 0.312 e. The first kappa shape index (κ1) is 13.6.